The molecule has 1 aliphatic heterocycles. The van der Waals surface area contributed by atoms with Crippen LogP contribution in [0.5, 0.6) is 0 Å². The first-order valence-electron chi connectivity index (χ1n) is 7.61. The molecule has 1 heterocycles. The number of unbranched alkanes of at least 4 members (excludes halogenated alkanes) is 1. The third kappa shape index (κ3) is 4.07. The van der Waals surface area contributed by atoms with Crippen molar-refractivity contribution in [3.63, 3.8) is 0 Å². The highest BCUT2D eigenvalue weighted by Gasteiger charge is 2.41. The summed E-state index contributed by atoms with van der Waals surface area (Å²) in [5.74, 6) is -1.32. The first kappa shape index (κ1) is 19.1. The van der Waals surface area contributed by atoms with Crippen LogP contribution in [0.3, 0.4) is 0 Å². The number of aliphatic carboxylic acids is 1. The summed E-state index contributed by atoms with van der Waals surface area (Å²) in [6.07, 6.45) is 2.01. The molecule has 128 valence electrons. The second-order valence-electron chi connectivity index (χ2n) is 5.50. The Bertz CT molecular complexity index is 700. The van der Waals surface area contributed by atoms with Crippen molar-refractivity contribution in [2.45, 2.75) is 39.2 Å². The summed E-state index contributed by atoms with van der Waals surface area (Å²) in [6.45, 7) is 3.85. The number of halogens is 1. The lowest BCUT2D eigenvalue weighted by atomic mass is 10.1. The van der Waals surface area contributed by atoms with Gasteiger partial charge in [0.2, 0.25) is 0 Å². The Morgan fingerprint density at radius 3 is 2.54 bits per heavy atom. The molecule has 4 nitrogen and oxygen atoms in total. The van der Waals surface area contributed by atoms with E-state index in [1.807, 2.05) is 38.1 Å². The van der Waals surface area contributed by atoms with Gasteiger partial charge >= 0.3 is 5.97 Å². The van der Waals surface area contributed by atoms with Gasteiger partial charge < -0.3 is 5.11 Å². The lowest BCUT2D eigenvalue weighted by Gasteiger charge is -2.23. The smallest absolute Gasteiger partial charge is 0.326 e. The van der Waals surface area contributed by atoms with E-state index < -0.39 is 12.0 Å². The second-order valence-corrected chi connectivity index (χ2v) is 8.06. The minimum Gasteiger partial charge on any atom is -0.480 e. The van der Waals surface area contributed by atoms with E-state index in [0.717, 1.165) is 28.5 Å². The molecule has 0 aromatic heterocycles. The third-order valence-corrected chi connectivity index (χ3v) is 5.88. The molecular formula is C17H18BrNO3S2. The molecule has 0 aliphatic carbocycles. The predicted octanol–water partition coefficient (Wildman–Crippen LogP) is 4.68. The largest absolute Gasteiger partial charge is 0.480 e. The van der Waals surface area contributed by atoms with E-state index in [0.29, 0.717) is 15.6 Å². The Hall–Kier alpha value is -1.18. The molecule has 1 saturated heterocycles. The molecule has 1 aliphatic rings. The summed E-state index contributed by atoms with van der Waals surface area (Å²) in [5, 5.41) is 9.48. The van der Waals surface area contributed by atoms with Gasteiger partial charge in [-0.3, -0.25) is 9.69 Å². The Balaban J connectivity index is 2.34. The zero-order valence-electron chi connectivity index (χ0n) is 13.4. The summed E-state index contributed by atoms with van der Waals surface area (Å²) in [7, 11) is 0. The SMILES string of the molecule is CCCCC(C(=O)O)N1C(=O)/C(=C(\C)c2ccc(Br)cc2)SC1=S. The topological polar surface area (TPSA) is 57.6 Å². The monoisotopic (exact) mass is 427 g/mol. The molecule has 0 spiro atoms. The van der Waals surface area contributed by atoms with Crippen LogP contribution in [-0.4, -0.2) is 32.2 Å². The molecule has 1 N–H and O–H groups in total. The third-order valence-electron chi connectivity index (χ3n) is 3.84. The lowest BCUT2D eigenvalue weighted by Crippen LogP contribution is -2.43. The second kappa shape index (κ2) is 8.27. The van der Waals surface area contributed by atoms with E-state index in [1.54, 1.807) is 0 Å². The number of nitrogens with zero attached hydrogens (tertiary/aromatic N) is 1. The van der Waals surface area contributed by atoms with Crippen LogP contribution in [-0.2, 0) is 9.59 Å². The average molecular weight is 428 g/mol. The van der Waals surface area contributed by atoms with Gasteiger partial charge in [0.25, 0.3) is 5.91 Å². The zero-order valence-corrected chi connectivity index (χ0v) is 16.6. The number of allylic oxidation sites excluding steroid dienone is 1. The molecule has 0 radical (unpaired) electrons. The van der Waals surface area contributed by atoms with Gasteiger partial charge in [-0.15, -0.1) is 0 Å². The molecule has 1 unspecified atom stereocenters. The van der Waals surface area contributed by atoms with E-state index in [9.17, 15) is 14.7 Å². The zero-order chi connectivity index (χ0) is 17.9. The molecule has 1 atom stereocenters. The fraction of sp³-hybridized carbons (Fsp3) is 0.353. The summed E-state index contributed by atoms with van der Waals surface area (Å²) in [5.41, 5.74) is 1.72. The maximum atomic E-state index is 12.8. The maximum absolute atomic E-state index is 12.8. The molecule has 1 amide bonds. The van der Waals surface area contributed by atoms with Crippen molar-refractivity contribution >= 4 is 61.7 Å². The van der Waals surface area contributed by atoms with Crippen LogP contribution in [0.25, 0.3) is 5.57 Å². The first-order chi connectivity index (χ1) is 11.4. The fourth-order valence-electron chi connectivity index (χ4n) is 2.47. The van der Waals surface area contributed by atoms with Gasteiger partial charge in [0.15, 0.2) is 0 Å². The van der Waals surface area contributed by atoms with Crippen LogP contribution in [0.2, 0.25) is 0 Å². The fourth-order valence-corrected chi connectivity index (χ4v) is 4.13. The number of thiocarbonyl (C=S) groups is 1. The summed E-state index contributed by atoms with van der Waals surface area (Å²) in [4.78, 5) is 26.1. The number of thioether (sulfide) groups is 1. The highest BCUT2D eigenvalue weighted by atomic mass is 79.9. The van der Waals surface area contributed by atoms with Gasteiger partial charge in [-0.25, -0.2) is 4.79 Å². The number of rotatable bonds is 6. The van der Waals surface area contributed by atoms with Crippen molar-refractivity contribution in [1.29, 1.82) is 0 Å². The van der Waals surface area contributed by atoms with E-state index in [2.05, 4.69) is 15.9 Å². The van der Waals surface area contributed by atoms with Gasteiger partial charge in [-0.05, 0) is 36.6 Å². The van der Waals surface area contributed by atoms with Crippen molar-refractivity contribution in [3.05, 3.63) is 39.2 Å². The Labute approximate surface area is 159 Å². The van der Waals surface area contributed by atoms with Gasteiger partial charge in [-0.1, -0.05) is 71.8 Å². The van der Waals surface area contributed by atoms with E-state index in [-0.39, 0.29) is 5.91 Å². The van der Waals surface area contributed by atoms with Crippen LogP contribution >= 0.6 is 39.9 Å². The lowest BCUT2D eigenvalue weighted by molar-refractivity contribution is -0.145. The van der Waals surface area contributed by atoms with Gasteiger partial charge in [0.1, 0.15) is 10.4 Å². The van der Waals surface area contributed by atoms with Crippen molar-refractivity contribution in [1.82, 2.24) is 4.90 Å². The Kier molecular flexibility index (Phi) is 6.60. The maximum Gasteiger partial charge on any atom is 0.326 e. The van der Waals surface area contributed by atoms with Crippen molar-refractivity contribution < 1.29 is 14.7 Å². The van der Waals surface area contributed by atoms with Crippen molar-refractivity contribution in [2.75, 3.05) is 0 Å². The highest BCUT2D eigenvalue weighted by Crippen LogP contribution is 2.38. The summed E-state index contributed by atoms with van der Waals surface area (Å²) in [6, 6.07) is 6.74. The van der Waals surface area contributed by atoms with Crippen molar-refractivity contribution in [2.24, 2.45) is 0 Å². The molecule has 7 heteroatoms. The molecule has 0 bridgehead atoms. The minimum atomic E-state index is -1.01. The number of benzene rings is 1. The molecule has 1 aromatic carbocycles. The highest BCUT2D eigenvalue weighted by molar-refractivity contribution is 9.10. The number of carbonyl (C=O) groups excluding carboxylic acids is 1. The number of carbonyl (C=O) groups is 2. The quantitative estimate of drug-likeness (QED) is 0.527. The number of carboxylic acid groups (broad SMARTS) is 1. The van der Waals surface area contributed by atoms with Gasteiger partial charge in [0, 0.05) is 4.47 Å². The summed E-state index contributed by atoms with van der Waals surface area (Å²) < 4.78 is 1.27. The van der Waals surface area contributed by atoms with Crippen LogP contribution in [0.15, 0.2) is 33.6 Å². The number of hydrogen-bond acceptors (Lipinski definition) is 4. The van der Waals surface area contributed by atoms with Crippen LogP contribution in [0.1, 0.15) is 38.7 Å². The first-order valence-corrected chi connectivity index (χ1v) is 9.63. The van der Waals surface area contributed by atoms with Crippen LogP contribution < -0.4 is 0 Å². The Morgan fingerprint density at radius 1 is 1.38 bits per heavy atom. The van der Waals surface area contributed by atoms with E-state index >= 15 is 0 Å². The van der Waals surface area contributed by atoms with Gasteiger partial charge in [-0.2, -0.15) is 0 Å². The number of amides is 1. The normalized spacial score (nSPS) is 18.0. The van der Waals surface area contributed by atoms with E-state index in [4.69, 9.17) is 12.2 Å². The van der Waals surface area contributed by atoms with Crippen LogP contribution in [0, 0.1) is 0 Å². The number of carboxylic acids is 1. The van der Waals surface area contributed by atoms with Gasteiger partial charge in [0.05, 0.1) is 4.91 Å². The standard InChI is InChI=1S/C17H18BrNO3S2/c1-3-4-5-13(16(21)22)19-15(20)14(24-17(19)23)10(2)11-6-8-12(18)9-7-11/h6-9,13H,3-5H2,1-2H3,(H,21,22)/b14-10-. The van der Waals surface area contributed by atoms with Crippen LogP contribution in [0.4, 0.5) is 0 Å². The van der Waals surface area contributed by atoms with Crippen molar-refractivity contribution in [3.8, 4) is 0 Å². The molecule has 2 rings (SSSR count). The Morgan fingerprint density at radius 2 is 2.00 bits per heavy atom. The molecule has 0 saturated carbocycles. The molecule has 24 heavy (non-hydrogen) atoms. The molecule has 1 fully saturated rings. The predicted molar refractivity (Wildman–Crippen MR) is 105 cm³/mol. The molecule has 1 aromatic rings. The molecular weight excluding hydrogens is 410 g/mol. The van der Waals surface area contributed by atoms with E-state index in [1.165, 1.54) is 16.7 Å². The minimum absolute atomic E-state index is 0.311. The average Bonchev–Trinajstić information content (AvgIpc) is 2.83. The summed E-state index contributed by atoms with van der Waals surface area (Å²) >= 11 is 9.86. The number of hydrogen-bond donors (Lipinski definition) is 1.